The van der Waals surface area contributed by atoms with Crippen LogP contribution in [0.1, 0.15) is 19.4 Å². The lowest BCUT2D eigenvalue weighted by Gasteiger charge is -2.10. The van der Waals surface area contributed by atoms with E-state index in [0.29, 0.717) is 0 Å². The zero-order valence-electron chi connectivity index (χ0n) is 11.1. The van der Waals surface area contributed by atoms with E-state index >= 15 is 0 Å². The Bertz CT molecular complexity index is 585. The van der Waals surface area contributed by atoms with Gasteiger partial charge in [-0.3, -0.25) is 0 Å². The zero-order chi connectivity index (χ0) is 13.1. The van der Waals surface area contributed by atoms with Gasteiger partial charge in [-0.1, -0.05) is 42.0 Å². The van der Waals surface area contributed by atoms with Gasteiger partial charge < -0.3 is 10.5 Å². The van der Waals surface area contributed by atoms with E-state index in [1.807, 2.05) is 25.1 Å². The first-order valence-corrected chi connectivity index (χ1v) is 6.13. The molecule has 2 N–H and O–H groups in total. The number of fused-ring (bicyclic) bond motifs is 1. The maximum atomic E-state index is 5.89. The van der Waals surface area contributed by atoms with Crippen LogP contribution in [-0.2, 0) is 0 Å². The van der Waals surface area contributed by atoms with Crippen molar-refractivity contribution in [3.63, 3.8) is 0 Å². The first kappa shape index (κ1) is 12.7. The van der Waals surface area contributed by atoms with Crippen LogP contribution in [0.2, 0.25) is 0 Å². The lowest BCUT2D eigenvalue weighted by molar-refractivity contribution is 0.420. The fourth-order valence-corrected chi connectivity index (χ4v) is 1.98. The van der Waals surface area contributed by atoms with Crippen LogP contribution < -0.4 is 10.5 Å². The van der Waals surface area contributed by atoms with Gasteiger partial charge in [0.2, 0.25) is 0 Å². The summed E-state index contributed by atoms with van der Waals surface area (Å²) in [4.78, 5) is 0. The molecule has 0 bridgehead atoms. The van der Waals surface area contributed by atoms with E-state index in [1.54, 1.807) is 7.11 Å². The third-order valence-electron chi connectivity index (χ3n) is 3.24. The van der Waals surface area contributed by atoms with Crippen molar-refractivity contribution in [2.45, 2.75) is 19.9 Å². The van der Waals surface area contributed by atoms with Crippen molar-refractivity contribution in [1.29, 1.82) is 0 Å². The Labute approximate surface area is 108 Å². The molecular weight excluding hydrogens is 222 g/mol. The number of benzene rings is 2. The molecule has 2 rings (SSSR count). The summed E-state index contributed by atoms with van der Waals surface area (Å²) < 4.78 is 5.39. The molecule has 18 heavy (non-hydrogen) atoms. The molecule has 0 heterocycles. The highest BCUT2D eigenvalue weighted by molar-refractivity contribution is 5.95. The minimum atomic E-state index is 0.0749. The highest BCUT2D eigenvalue weighted by Gasteiger charge is 2.05. The Morgan fingerprint density at radius 1 is 1.17 bits per heavy atom. The van der Waals surface area contributed by atoms with E-state index < -0.39 is 0 Å². The van der Waals surface area contributed by atoms with Crippen LogP contribution in [-0.4, -0.2) is 13.2 Å². The maximum absolute atomic E-state index is 5.89. The molecule has 2 nitrogen and oxygen atoms in total. The van der Waals surface area contributed by atoms with Crippen LogP contribution >= 0.6 is 0 Å². The average Bonchev–Trinajstić information content (AvgIpc) is 2.39. The van der Waals surface area contributed by atoms with Crippen molar-refractivity contribution in [3.8, 4) is 5.75 Å². The summed E-state index contributed by atoms with van der Waals surface area (Å²) in [7, 11) is 1.70. The molecule has 0 fully saturated rings. The number of nitrogens with two attached hydrogens (primary N) is 1. The molecule has 0 aliphatic heterocycles. The molecule has 0 radical (unpaired) electrons. The van der Waals surface area contributed by atoms with Gasteiger partial charge in [-0.05, 0) is 30.9 Å². The minimum Gasteiger partial charge on any atom is -0.496 e. The van der Waals surface area contributed by atoms with Crippen LogP contribution in [0.5, 0.6) is 5.75 Å². The Morgan fingerprint density at radius 2 is 1.83 bits per heavy atom. The number of methoxy groups -OCH3 is 1. The van der Waals surface area contributed by atoms with Crippen LogP contribution in [0.4, 0.5) is 0 Å². The van der Waals surface area contributed by atoms with Crippen molar-refractivity contribution in [2.75, 3.05) is 7.11 Å². The van der Waals surface area contributed by atoms with Gasteiger partial charge in [0.1, 0.15) is 5.75 Å². The first-order valence-electron chi connectivity index (χ1n) is 6.13. The van der Waals surface area contributed by atoms with Gasteiger partial charge in [0, 0.05) is 11.4 Å². The highest BCUT2D eigenvalue weighted by atomic mass is 16.5. The van der Waals surface area contributed by atoms with E-state index in [0.717, 1.165) is 11.1 Å². The Morgan fingerprint density at radius 3 is 2.44 bits per heavy atom. The first-order chi connectivity index (χ1) is 8.63. The molecule has 0 aliphatic rings. The van der Waals surface area contributed by atoms with Gasteiger partial charge in [-0.15, -0.1) is 0 Å². The Balaban J connectivity index is 2.63. The summed E-state index contributed by atoms with van der Waals surface area (Å²) in [6.07, 6.45) is 2.15. The van der Waals surface area contributed by atoms with Gasteiger partial charge >= 0.3 is 0 Å². The number of rotatable bonds is 3. The third-order valence-corrected chi connectivity index (χ3v) is 3.24. The predicted octanol–water partition coefficient (Wildman–Crippen LogP) is 3.60. The van der Waals surface area contributed by atoms with Crippen LogP contribution in [0.3, 0.4) is 0 Å². The molecule has 0 saturated carbocycles. The van der Waals surface area contributed by atoms with E-state index in [4.69, 9.17) is 10.5 Å². The van der Waals surface area contributed by atoms with Gasteiger partial charge in [0.15, 0.2) is 0 Å². The van der Waals surface area contributed by atoms with Gasteiger partial charge in [0.25, 0.3) is 0 Å². The monoisotopic (exact) mass is 241 g/mol. The molecule has 2 aromatic carbocycles. The predicted molar refractivity (Wildman–Crippen MR) is 77.8 cm³/mol. The second kappa shape index (κ2) is 5.23. The van der Waals surface area contributed by atoms with Crippen molar-refractivity contribution in [3.05, 3.63) is 47.5 Å². The molecule has 0 aliphatic carbocycles. The standard InChI is InChI=1S/C16H19NO/c1-11(12(2)17)10-13-8-9-16(18-3)15-7-5-4-6-14(13)15/h4-10,12H,17H2,1-3H3/b11-10-. The van der Waals surface area contributed by atoms with Gasteiger partial charge in [0.05, 0.1) is 7.11 Å². The zero-order valence-corrected chi connectivity index (χ0v) is 11.1. The van der Waals surface area contributed by atoms with Gasteiger partial charge in [-0.2, -0.15) is 0 Å². The summed E-state index contributed by atoms with van der Waals surface area (Å²) in [5.74, 6) is 0.904. The minimum absolute atomic E-state index is 0.0749. The molecule has 1 unspecified atom stereocenters. The maximum Gasteiger partial charge on any atom is 0.126 e. The molecule has 0 amide bonds. The lowest BCUT2D eigenvalue weighted by Crippen LogP contribution is -2.15. The largest absolute Gasteiger partial charge is 0.496 e. The van der Waals surface area contributed by atoms with Crippen LogP contribution in [0, 0.1) is 0 Å². The second-order valence-corrected chi connectivity index (χ2v) is 4.58. The van der Waals surface area contributed by atoms with E-state index in [9.17, 15) is 0 Å². The lowest BCUT2D eigenvalue weighted by atomic mass is 10.0. The summed E-state index contributed by atoms with van der Waals surface area (Å²) >= 11 is 0. The summed E-state index contributed by atoms with van der Waals surface area (Å²) in [6, 6.07) is 12.4. The molecule has 2 aromatic rings. The van der Waals surface area contributed by atoms with E-state index in [-0.39, 0.29) is 6.04 Å². The second-order valence-electron chi connectivity index (χ2n) is 4.58. The van der Waals surface area contributed by atoms with Crippen LogP contribution in [0.15, 0.2) is 42.0 Å². The van der Waals surface area contributed by atoms with Crippen molar-refractivity contribution < 1.29 is 4.74 Å². The normalized spacial score (nSPS) is 13.7. The average molecular weight is 241 g/mol. The molecule has 2 heteroatoms. The Kier molecular flexibility index (Phi) is 3.68. The molecule has 94 valence electrons. The van der Waals surface area contributed by atoms with Crippen molar-refractivity contribution >= 4 is 16.8 Å². The van der Waals surface area contributed by atoms with Crippen molar-refractivity contribution in [2.24, 2.45) is 5.73 Å². The number of ether oxygens (including phenoxy) is 1. The summed E-state index contributed by atoms with van der Waals surface area (Å²) in [6.45, 7) is 4.06. The quantitative estimate of drug-likeness (QED) is 0.891. The topological polar surface area (TPSA) is 35.2 Å². The molecule has 0 aromatic heterocycles. The van der Waals surface area contributed by atoms with E-state index in [1.165, 1.54) is 16.5 Å². The number of hydrogen-bond acceptors (Lipinski definition) is 2. The smallest absolute Gasteiger partial charge is 0.126 e. The molecule has 1 atom stereocenters. The third kappa shape index (κ3) is 2.39. The number of hydrogen-bond donors (Lipinski definition) is 1. The van der Waals surface area contributed by atoms with E-state index in [2.05, 4.69) is 31.2 Å². The fourth-order valence-electron chi connectivity index (χ4n) is 1.98. The SMILES string of the molecule is COc1ccc(/C=C(/C)C(C)N)c2ccccc12. The molecule has 0 spiro atoms. The van der Waals surface area contributed by atoms with Crippen molar-refractivity contribution in [1.82, 2.24) is 0 Å². The summed E-state index contributed by atoms with van der Waals surface area (Å²) in [5.41, 5.74) is 8.24. The summed E-state index contributed by atoms with van der Waals surface area (Å²) in [5, 5.41) is 2.32. The fraction of sp³-hybridized carbons (Fsp3) is 0.250. The Hall–Kier alpha value is -1.80. The molecule has 0 saturated heterocycles. The van der Waals surface area contributed by atoms with Crippen LogP contribution in [0.25, 0.3) is 16.8 Å². The van der Waals surface area contributed by atoms with Gasteiger partial charge in [-0.25, -0.2) is 0 Å². The molecular formula is C16H19NO. The highest BCUT2D eigenvalue weighted by Crippen LogP contribution is 2.29.